The first kappa shape index (κ1) is 13.2. The normalized spacial score (nSPS) is 12.6. The predicted octanol–water partition coefficient (Wildman–Crippen LogP) is 1.76. The molecule has 0 aromatic heterocycles. The Labute approximate surface area is 87.2 Å². The fourth-order valence-corrected chi connectivity index (χ4v) is 1.39. The summed E-state index contributed by atoms with van der Waals surface area (Å²) in [4.78, 5) is 13.6. The Kier molecular flexibility index (Phi) is 6.21. The van der Waals surface area contributed by atoms with Gasteiger partial charge in [0.25, 0.3) is 0 Å². The molecule has 3 heteroatoms. The van der Waals surface area contributed by atoms with Crippen molar-refractivity contribution in [3.8, 4) is 0 Å². The van der Waals surface area contributed by atoms with Gasteiger partial charge in [-0.2, -0.15) is 0 Å². The Balaban J connectivity index is 4.27. The van der Waals surface area contributed by atoms with Gasteiger partial charge < -0.3 is 5.32 Å². The number of carbonyl (C=O) groups excluding carboxylic acids is 1. The molecule has 0 saturated carbocycles. The van der Waals surface area contributed by atoms with Crippen LogP contribution in [0.1, 0.15) is 34.1 Å². The van der Waals surface area contributed by atoms with Gasteiger partial charge in [0.2, 0.25) is 5.91 Å². The summed E-state index contributed by atoms with van der Waals surface area (Å²) in [6, 6.07) is 0. The molecule has 1 unspecified atom stereocenters. The SMILES string of the molecule is C=C(C)C(=O)NC(CC)N(CC)CC. The van der Waals surface area contributed by atoms with Gasteiger partial charge in [0.05, 0.1) is 6.17 Å². The lowest BCUT2D eigenvalue weighted by molar-refractivity contribution is -0.119. The van der Waals surface area contributed by atoms with Crippen LogP contribution in [0.4, 0.5) is 0 Å². The summed E-state index contributed by atoms with van der Waals surface area (Å²) in [6.45, 7) is 13.5. The lowest BCUT2D eigenvalue weighted by Crippen LogP contribution is -2.47. The van der Waals surface area contributed by atoms with Crippen LogP contribution in [0.25, 0.3) is 0 Å². The number of nitrogens with one attached hydrogen (secondary N) is 1. The molecule has 0 aliphatic carbocycles. The van der Waals surface area contributed by atoms with Crippen LogP contribution in [-0.4, -0.2) is 30.1 Å². The average Bonchev–Trinajstić information content (AvgIpc) is 2.17. The van der Waals surface area contributed by atoms with Gasteiger partial charge >= 0.3 is 0 Å². The van der Waals surface area contributed by atoms with Crippen molar-refractivity contribution in [2.24, 2.45) is 0 Å². The topological polar surface area (TPSA) is 32.3 Å². The van der Waals surface area contributed by atoms with E-state index in [2.05, 4.69) is 37.6 Å². The first-order valence-corrected chi connectivity index (χ1v) is 5.27. The zero-order valence-electron chi connectivity index (χ0n) is 9.76. The first-order chi connectivity index (χ1) is 6.56. The van der Waals surface area contributed by atoms with E-state index in [0.29, 0.717) is 5.57 Å². The predicted molar refractivity (Wildman–Crippen MR) is 60.0 cm³/mol. The van der Waals surface area contributed by atoms with Gasteiger partial charge in [0, 0.05) is 5.57 Å². The minimum absolute atomic E-state index is 0.0521. The molecule has 0 radical (unpaired) electrons. The fraction of sp³-hybridized carbons (Fsp3) is 0.727. The molecule has 0 aliphatic rings. The van der Waals surface area contributed by atoms with E-state index in [0.717, 1.165) is 19.5 Å². The van der Waals surface area contributed by atoms with Crippen LogP contribution in [0, 0.1) is 0 Å². The highest BCUT2D eigenvalue weighted by molar-refractivity contribution is 5.92. The molecule has 82 valence electrons. The second kappa shape index (κ2) is 6.60. The van der Waals surface area contributed by atoms with Crippen molar-refractivity contribution in [3.05, 3.63) is 12.2 Å². The molecular weight excluding hydrogens is 176 g/mol. The van der Waals surface area contributed by atoms with Crippen molar-refractivity contribution < 1.29 is 4.79 Å². The van der Waals surface area contributed by atoms with E-state index in [9.17, 15) is 4.79 Å². The molecule has 0 aliphatic heterocycles. The van der Waals surface area contributed by atoms with E-state index in [-0.39, 0.29) is 12.1 Å². The smallest absolute Gasteiger partial charge is 0.247 e. The summed E-state index contributed by atoms with van der Waals surface area (Å²) in [5.41, 5.74) is 0.565. The maximum absolute atomic E-state index is 11.4. The Bertz CT molecular complexity index is 197. The summed E-state index contributed by atoms with van der Waals surface area (Å²) in [5.74, 6) is -0.0521. The third-order valence-electron chi connectivity index (χ3n) is 2.33. The zero-order chi connectivity index (χ0) is 11.1. The first-order valence-electron chi connectivity index (χ1n) is 5.27. The van der Waals surface area contributed by atoms with E-state index in [4.69, 9.17) is 0 Å². The highest BCUT2D eigenvalue weighted by atomic mass is 16.1. The van der Waals surface area contributed by atoms with Crippen LogP contribution < -0.4 is 5.32 Å². The zero-order valence-corrected chi connectivity index (χ0v) is 9.76. The summed E-state index contributed by atoms with van der Waals surface area (Å²) < 4.78 is 0. The lowest BCUT2D eigenvalue weighted by atomic mass is 10.2. The van der Waals surface area contributed by atoms with Gasteiger partial charge in [0.1, 0.15) is 0 Å². The Morgan fingerprint density at radius 2 is 1.86 bits per heavy atom. The van der Waals surface area contributed by atoms with Crippen LogP contribution in [0.3, 0.4) is 0 Å². The van der Waals surface area contributed by atoms with E-state index in [1.165, 1.54) is 0 Å². The van der Waals surface area contributed by atoms with Crippen molar-refractivity contribution in [1.82, 2.24) is 10.2 Å². The largest absolute Gasteiger partial charge is 0.337 e. The number of nitrogens with zero attached hydrogens (tertiary/aromatic N) is 1. The Hall–Kier alpha value is -0.830. The highest BCUT2D eigenvalue weighted by Crippen LogP contribution is 2.01. The number of amides is 1. The Morgan fingerprint density at radius 1 is 1.36 bits per heavy atom. The minimum atomic E-state index is -0.0521. The van der Waals surface area contributed by atoms with Crippen molar-refractivity contribution in [2.75, 3.05) is 13.1 Å². The fourth-order valence-electron chi connectivity index (χ4n) is 1.39. The molecular formula is C11H22N2O. The number of hydrogen-bond acceptors (Lipinski definition) is 2. The summed E-state index contributed by atoms with van der Waals surface area (Å²) >= 11 is 0. The van der Waals surface area contributed by atoms with Gasteiger partial charge in [0.15, 0.2) is 0 Å². The van der Waals surface area contributed by atoms with Crippen LogP contribution in [-0.2, 0) is 4.79 Å². The van der Waals surface area contributed by atoms with E-state index in [1.807, 2.05) is 0 Å². The third-order valence-corrected chi connectivity index (χ3v) is 2.33. The van der Waals surface area contributed by atoms with E-state index < -0.39 is 0 Å². The monoisotopic (exact) mass is 198 g/mol. The molecule has 0 aromatic carbocycles. The van der Waals surface area contributed by atoms with Crippen LogP contribution in [0.2, 0.25) is 0 Å². The van der Waals surface area contributed by atoms with Crippen molar-refractivity contribution in [3.63, 3.8) is 0 Å². The molecule has 3 nitrogen and oxygen atoms in total. The van der Waals surface area contributed by atoms with Crippen LogP contribution >= 0.6 is 0 Å². The number of rotatable bonds is 6. The highest BCUT2D eigenvalue weighted by Gasteiger charge is 2.15. The van der Waals surface area contributed by atoms with Crippen molar-refractivity contribution in [1.29, 1.82) is 0 Å². The van der Waals surface area contributed by atoms with Crippen LogP contribution in [0.15, 0.2) is 12.2 Å². The maximum atomic E-state index is 11.4. The molecule has 1 amide bonds. The second-order valence-corrected chi connectivity index (χ2v) is 3.40. The number of hydrogen-bond donors (Lipinski definition) is 1. The molecule has 1 atom stereocenters. The van der Waals surface area contributed by atoms with Crippen molar-refractivity contribution >= 4 is 5.91 Å². The average molecular weight is 198 g/mol. The second-order valence-electron chi connectivity index (χ2n) is 3.40. The van der Waals surface area contributed by atoms with E-state index >= 15 is 0 Å². The van der Waals surface area contributed by atoms with Gasteiger partial charge in [-0.05, 0) is 26.4 Å². The van der Waals surface area contributed by atoms with Gasteiger partial charge in [-0.25, -0.2) is 0 Å². The molecule has 1 N–H and O–H groups in total. The third kappa shape index (κ3) is 3.92. The molecule has 0 heterocycles. The summed E-state index contributed by atoms with van der Waals surface area (Å²) in [7, 11) is 0. The molecule has 14 heavy (non-hydrogen) atoms. The van der Waals surface area contributed by atoms with Crippen molar-refractivity contribution in [2.45, 2.75) is 40.3 Å². The number of carbonyl (C=O) groups is 1. The quantitative estimate of drug-likeness (QED) is 0.521. The lowest BCUT2D eigenvalue weighted by Gasteiger charge is -2.29. The maximum Gasteiger partial charge on any atom is 0.247 e. The molecule has 0 saturated heterocycles. The summed E-state index contributed by atoms with van der Waals surface area (Å²) in [6.07, 6.45) is 1.05. The molecule has 0 aromatic rings. The Morgan fingerprint density at radius 3 is 2.14 bits per heavy atom. The summed E-state index contributed by atoms with van der Waals surface area (Å²) in [5, 5.41) is 2.96. The molecule has 0 spiro atoms. The standard InChI is InChI=1S/C11H22N2O/c1-6-10(13(7-2)8-3)12-11(14)9(4)5/h10H,4,6-8H2,1-3,5H3,(H,12,14). The minimum Gasteiger partial charge on any atom is -0.337 e. The van der Waals surface area contributed by atoms with Gasteiger partial charge in [-0.3, -0.25) is 9.69 Å². The van der Waals surface area contributed by atoms with E-state index in [1.54, 1.807) is 6.92 Å². The van der Waals surface area contributed by atoms with Gasteiger partial charge in [-0.1, -0.05) is 27.4 Å². The van der Waals surface area contributed by atoms with Gasteiger partial charge in [-0.15, -0.1) is 0 Å². The molecule has 0 rings (SSSR count). The molecule has 0 fully saturated rings. The molecule has 0 bridgehead atoms. The van der Waals surface area contributed by atoms with Crippen LogP contribution in [0.5, 0.6) is 0 Å².